The lowest BCUT2D eigenvalue weighted by molar-refractivity contribution is -0.143. The third-order valence-corrected chi connectivity index (χ3v) is 4.65. The van der Waals surface area contributed by atoms with Crippen LogP contribution in [0.15, 0.2) is 36.4 Å². The van der Waals surface area contributed by atoms with Crippen molar-refractivity contribution in [2.75, 3.05) is 20.8 Å². The molecule has 5 nitrogen and oxygen atoms in total. The first-order valence-electron chi connectivity index (χ1n) is 10.1. The van der Waals surface area contributed by atoms with Gasteiger partial charge in [-0.3, -0.25) is 4.79 Å². The van der Waals surface area contributed by atoms with Gasteiger partial charge in [0.15, 0.2) is 0 Å². The highest BCUT2D eigenvalue weighted by Crippen LogP contribution is 2.37. The van der Waals surface area contributed by atoms with Crippen molar-refractivity contribution in [2.45, 2.75) is 40.5 Å². The van der Waals surface area contributed by atoms with Crippen LogP contribution < -0.4 is 9.47 Å². The van der Waals surface area contributed by atoms with Gasteiger partial charge in [0.25, 0.3) is 0 Å². The number of hydrogen-bond donors (Lipinski definition) is 1. The van der Waals surface area contributed by atoms with Crippen LogP contribution in [0.4, 0.5) is 0 Å². The highest BCUT2D eigenvalue weighted by atomic mass is 16.5. The molecule has 0 bridgehead atoms. The van der Waals surface area contributed by atoms with Crippen LogP contribution in [0, 0.1) is 6.92 Å². The lowest BCUT2D eigenvalue weighted by atomic mass is 9.99. The minimum Gasteiger partial charge on any atom is -0.497 e. The van der Waals surface area contributed by atoms with E-state index in [1.165, 1.54) is 0 Å². The summed E-state index contributed by atoms with van der Waals surface area (Å²) in [6, 6.07) is 12.1. The van der Waals surface area contributed by atoms with Crippen LogP contribution in [0.5, 0.6) is 11.5 Å². The fourth-order valence-corrected chi connectivity index (χ4v) is 3.34. The first-order valence-corrected chi connectivity index (χ1v) is 10.1. The number of carbonyl (C=O) groups excluding carboxylic acids is 1. The van der Waals surface area contributed by atoms with Gasteiger partial charge in [0.05, 0.1) is 27.2 Å². The number of H-pyrrole nitrogens is 1. The summed E-state index contributed by atoms with van der Waals surface area (Å²) < 4.78 is 15.9. The molecule has 0 amide bonds. The Morgan fingerprint density at radius 3 is 2.31 bits per heavy atom. The molecule has 0 aliphatic heterocycles. The Kier molecular flexibility index (Phi) is 8.13. The molecule has 0 fully saturated rings. The maximum absolute atomic E-state index is 11.8. The number of aryl methyl sites for hydroxylation is 2. The van der Waals surface area contributed by atoms with Gasteiger partial charge >= 0.3 is 5.97 Å². The van der Waals surface area contributed by atoms with Crippen molar-refractivity contribution in [3.8, 4) is 22.6 Å². The smallest absolute Gasteiger partial charge is 0.306 e. The Labute approximate surface area is 173 Å². The van der Waals surface area contributed by atoms with E-state index in [2.05, 4.69) is 17.1 Å². The van der Waals surface area contributed by atoms with E-state index in [9.17, 15) is 4.79 Å². The molecule has 1 heterocycles. The number of ether oxygens (including phenoxy) is 3. The third kappa shape index (κ3) is 5.11. The second-order valence-corrected chi connectivity index (χ2v) is 6.38. The molecule has 3 rings (SSSR count). The van der Waals surface area contributed by atoms with Gasteiger partial charge in [-0.1, -0.05) is 26.0 Å². The summed E-state index contributed by atoms with van der Waals surface area (Å²) in [6.45, 7) is 8.23. The van der Waals surface area contributed by atoms with Crippen molar-refractivity contribution >= 4 is 16.9 Å². The number of aromatic nitrogens is 1. The van der Waals surface area contributed by atoms with Crippen LogP contribution >= 0.6 is 0 Å². The molecule has 5 heteroatoms. The van der Waals surface area contributed by atoms with Crippen LogP contribution in [0.3, 0.4) is 0 Å². The van der Waals surface area contributed by atoms with E-state index in [-0.39, 0.29) is 5.97 Å². The lowest BCUT2D eigenvalue weighted by Crippen LogP contribution is -2.05. The molecule has 29 heavy (non-hydrogen) atoms. The molecule has 0 spiro atoms. The fraction of sp³-hybridized carbons (Fsp3) is 0.375. The summed E-state index contributed by atoms with van der Waals surface area (Å²) in [5.74, 6) is 1.46. The monoisotopic (exact) mass is 397 g/mol. The molecule has 0 atom stereocenters. The van der Waals surface area contributed by atoms with Crippen LogP contribution in [0.2, 0.25) is 0 Å². The minimum atomic E-state index is -0.189. The zero-order valence-electron chi connectivity index (χ0n) is 18.2. The van der Waals surface area contributed by atoms with Gasteiger partial charge in [-0.15, -0.1) is 0 Å². The Balaban J connectivity index is 0.00000145. The third-order valence-electron chi connectivity index (χ3n) is 4.65. The predicted octanol–water partition coefficient (Wildman–Crippen LogP) is 5.68. The summed E-state index contributed by atoms with van der Waals surface area (Å²) in [7, 11) is 3.33. The molecule has 0 saturated carbocycles. The van der Waals surface area contributed by atoms with Gasteiger partial charge < -0.3 is 19.2 Å². The Morgan fingerprint density at radius 2 is 1.72 bits per heavy atom. The van der Waals surface area contributed by atoms with Crippen molar-refractivity contribution in [2.24, 2.45) is 0 Å². The van der Waals surface area contributed by atoms with Gasteiger partial charge in [0.2, 0.25) is 0 Å². The van der Waals surface area contributed by atoms with Crippen LogP contribution in [-0.4, -0.2) is 31.8 Å². The quantitative estimate of drug-likeness (QED) is 0.521. The van der Waals surface area contributed by atoms with Crippen molar-refractivity contribution in [3.63, 3.8) is 0 Å². The molecule has 156 valence electrons. The zero-order chi connectivity index (χ0) is 21.4. The average molecular weight is 398 g/mol. The molecule has 2 aromatic carbocycles. The van der Waals surface area contributed by atoms with E-state index >= 15 is 0 Å². The van der Waals surface area contributed by atoms with Gasteiger partial charge in [0, 0.05) is 22.2 Å². The normalized spacial score (nSPS) is 10.3. The van der Waals surface area contributed by atoms with Crippen LogP contribution in [0.1, 0.15) is 38.4 Å². The second kappa shape index (κ2) is 10.6. The number of nitrogens with one attached hydrogen (secondary N) is 1. The predicted molar refractivity (Wildman–Crippen MR) is 118 cm³/mol. The van der Waals surface area contributed by atoms with E-state index in [4.69, 9.17) is 14.2 Å². The molecule has 3 aromatic rings. The number of hydrogen-bond acceptors (Lipinski definition) is 4. The van der Waals surface area contributed by atoms with Gasteiger partial charge in [-0.25, -0.2) is 0 Å². The number of esters is 1. The number of carbonyl (C=O) groups is 1. The molecule has 0 aliphatic rings. The van der Waals surface area contributed by atoms with E-state index in [1.807, 2.05) is 52.0 Å². The maximum Gasteiger partial charge on any atom is 0.306 e. The largest absolute Gasteiger partial charge is 0.497 e. The zero-order valence-corrected chi connectivity index (χ0v) is 18.2. The topological polar surface area (TPSA) is 60.6 Å². The molecule has 0 aliphatic carbocycles. The molecule has 0 saturated heterocycles. The molecule has 0 unspecified atom stereocenters. The van der Waals surface area contributed by atoms with Crippen LogP contribution in [-0.2, 0) is 16.0 Å². The lowest BCUT2D eigenvalue weighted by Gasteiger charge is -2.08. The van der Waals surface area contributed by atoms with Crippen molar-refractivity contribution in [1.82, 2.24) is 4.98 Å². The summed E-state index contributed by atoms with van der Waals surface area (Å²) in [5, 5.41) is 1.07. The summed E-state index contributed by atoms with van der Waals surface area (Å²) >= 11 is 0. The van der Waals surface area contributed by atoms with Crippen molar-refractivity contribution < 1.29 is 19.0 Å². The van der Waals surface area contributed by atoms with Gasteiger partial charge in [0.1, 0.15) is 11.5 Å². The van der Waals surface area contributed by atoms with E-state index < -0.39 is 0 Å². The second-order valence-electron chi connectivity index (χ2n) is 6.38. The maximum atomic E-state index is 11.8. The van der Waals surface area contributed by atoms with E-state index in [1.54, 1.807) is 14.2 Å². The van der Waals surface area contributed by atoms with Crippen molar-refractivity contribution in [3.05, 3.63) is 47.7 Å². The first kappa shape index (κ1) is 22.3. The van der Waals surface area contributed by atoms with Crippen molar-refractivity contribution in [1.29, 1.82) is 0 Å². The molecule has 1 N–H and O–H groups in total. The highest BCUT2D eigenvalue weighted by molar-refractivity contribution is 5.99. The number of benzene rings is 2. The Morgan fingerprint density at radius 1 is 1.03 bits per heavy atom. The minimum absolute atomic E-state index is 0.189. The molecule has 1 aromatic heterocycles. The van der Waals surface area contributed by atoms with E-state index in [0.29, 0.717) is 19.4 Å². The SMILES string of the molecule is CC.CCOC(=O)CCc1[nH]c2cc(C)c(OC)cc2c1-c1ccc(OC)cc1. The molecular weight excluding hydrogens is 366 g/mol. The Hall–Kier alpha value is -2.95. The summed E-state index contributed by atoms with van der Waals surface area (Å²) in [4.78, 5) is 15.3. The highest BCUT2D eigenvalue weighted by Gasteiger charge is 2.17. The van der Waals surface area contributed by atoms with Gasteiger partial charge in [-0.05, 0) is 55.7 Å². The Bertz CT molecular complexity index is 942. The number of methoxy groups -OCH3 is 2. The average Bonchev–Trinajstić information content (AvgIpc) is 3.10. The summed E-state index contributed by atoms with van der Waals surface area (Å²) in [5.41, 5.74) is 5.24. The molecule has 0 radical (unpaired) electrons. The number of rotatable bonds is 7. The standard InChI is InChI=1S/C22H25NO4.C2H6/c1-5-27-21(24)11-10-18-22(15-6-8-16(25-3)9-7-15)17-13-20(26-4)14(2)12-19(17)23-18;1-2/h6-9,12-13,23H,5,10-11H2,1-4H3;1-2H3. The number of fused-ring (bicyclic) bond motifs is 1. The first-order chi connectivity index (χ1) is 14.1. The number of aromatic amines is 1. The fourth-order valence-electron chi connectivity index (χ4n) is 3.34. The van der Waals surface area contributed by atoms with E-state index in [0.717, 1.165) is 44.8 Å². The molecular formula is C24H31NO4. The van der Waals surface area contributed by atoms with Crippen LogP contribution in [0.25, 0.3) is 22.0 Å². The summed E-state index contributed by atoms with van der Waals surface area (Å²) in [6.07, 6.45) is 0.913. The van der Waals surface area contributed by atoms with Gasteiger partial charge in [-0.2, -0.15) is 0 Å².